The third-order valence-corrected chi connectivity index (χ3v) is 3.96. The Morgan fingerprint density at radius 1 is 1.19 bits per heavy atom. The van der Waals surface area contributed by atoms with Gasteiger partial charge in [-0.3, -0.25) is 4.79 Å². The number of carbonyl (C=O) groups excluding carboxylic acids is 1. The van der Waals surface area contributed by atoms with E-state index in [1.807, 2.05) is 37.3 Å². The number of hydrogen-bond donors (Lipinski definition) is 1. The predicted octanol–water partition coefficient (Wildman–Crippen LogP) is 3.93. The molecule has 2 aromatic rings. The summed E-state index contributed by atoms with van der Waals surface area (Å²) in [5, 5.41) is 2.82. The molecule has 0 heterocycles. The van der Waals surface area contributed by atoms with Gasteiger partial charge in [0.05, 0.1) is 11.8 Å². The Balaban J connectivity index is 1.89. The Hall–Kier alpha value is -1.88. The maximum atomic E-state index is 13.4. The summed E-state index contributed by atoms with van der Waals surface area (Å²) in [6, 6.07) is 12.6. The van der Waals surface area contributed by atoms with Crippen molar-refractivity contribution >= 4 is 17.7 Å². The van der Waals surface area contributed by atoms with Crippen molar-refractivity contribution in [1.29, 1.82) is 0 Å². The molecule has 5 heteroatoms. The highest BCUT2D eigenvalue weighted by Gasteiger charge is 2.11. The lowest BCUT2D eigenvalue weighted by Crippen LogP contribution is -2.28. The van der Waals surface area contributed by atoms with Crippen molar-refractivity contribution < 1.29 is 13.6 Å². The van der Waals surface area contributed by atoms with Gasteiger partial charge >= 0.3 is 0 Å². The lowest BCUT2D eigenvalue weighted by Gasteiger charge is -2.14. The zero-order chi connectivity index (χ0) is 15.2. The number of rotatable bonds is 5. The third-order valence-electron chi connectivity index (χ3n) is 2.93. The summed E-state index contributed by atoms with van der Waals surface area (Å²) in [6.07, 6.45) is 0. The monoisotopic (exact) mass is 307 g/mol. The minimum Gasteiger partial charge on any atom is -0.349 e. The second-order valence-electron chi connectivity index (χ2n) is 4.56. The number of halogens is 2. The van der Waals surface area contributed by atoms with Crippen LogP contribution in [0.1, 0.15) is 18.5 Å². The zero-order valence-electron chi connectivity index (χ0n) is 11.5. The fourth-order valence-electron chi connectivity index (χ4n) is 1.84. The zero-order valence-corrected chi connectivity index (χ0v) is 12.3. The normalized spacial score (nSPS) is 12.0. The second-order valence-corrected chi connectivity index (χ2v) is 5.58. The lowest BCUT2D eigenvalue weighted by molar-refractivity contribution is -0.119. The Kier molecular flexibility index (Phi) is 5.33. The molecule has 0 unspecified atom stereocenters. The molecular formula is C16H15F2NOS. The molecule has 110 valence electrons. The minimum atomic E-state index is -0.523. The van der Waals surface area contributed by atoms with Gasteiger partial charge < -0.3 is 5.32 Å². The van der Waals surface area contributed by atoms with Gasteiger partial charge in [0.25, 0.3) is 0 Å². The van der Waals surface area contributed by atoms with Crippen molar-refractivity contribution in [3.8, 4) is 0 Å². The highest BCUT2D eigenvalue weighted by atomic mass is 32.2. The Bertz CT molecular complexity index is 619. The first-order valence-electron chi connectivity index (χ1n) is 6.48. The molecule has 0 saturated carbocycles. The quantitative estimate of drug-likeness (QED) is 0.848. The van der Waals surface area contributed by atoms with Crippen LogP contribution in [0.2, 0.25) is 0 Å². The van der Waals surface area contributed by atoms with Crippen LogP contribution in [0.3, 0.4) is 0 Å². The number of carbonyl (C=O) groups is 1. The smallest absolute Gasteiger partial charge is 0.230 e. The van der Waals surface area contributed by atoms with Gasteiger partial charge in [0, 0.05) is 4.90 Å². The van der Waals surface area contributed by atoms with E-state index in [2.05, 4.69) is 5.32 Å². The van der Waals surface area contributed by atoms with E-state index in [9.17, 15) is 13.6 Å². The lowest BCUT2D eigenvalue weighted by atomic mass is 10.1. The molecule has 0 aliphatic heterocycles. The van der Waals surface area contributed by atoms with Crippen LogP contribution in [-0.2, 0) is 4.79 Å². The van der Waals surface area contributed by atoms with Gasteiger partial charge in [-0.05, 0) is 30.7 Å². The van der Waals surface area contributed by atoms with E-state index in [1.54, 1.807) is 0 Å². The summed E-state index contributed by atoms with van der Waals surface area (Å²) in [5.41, 5.74) is 0.993. The van der Waals surface area contributed by atoms with Crippen molar-refractivity contribution in [3.63, 3.8) is 0 Å². The van der Waals surface area contributed by atoms with Gasteiger partial charge in [-0.2, -0.15) is 0 Å². The molecule has 0 radical (unpaired) electrons. The van der Waals surface area contributed by atoms with Crippen LogP contribution in [0, 0.1) is 11.6 Å². The summed E-state index contributed by atoms with van der Waals surface area (Å²) in [6.45, 7) is 1.88. The molecule has 0 aliphatic carbocycles. The molecule has 1 atom stereocenters. The molecule has 0 bridgehead atoms. The van der Waals surface area contributed by atoms with E-state index in [1.165, 1.54) is 0 Å². The van der Waals surface area contributed by atoms with E-state index in [-0.39, 0.29) is 22.6 Å². The SMILES string of the molecule is C[C@H](NC(=O)CSc1cc(F)ccc1F)c1ccccc1. The minimum absolute atomic E-state index is 0.0392. The van der Waals surface area contributed by atoms with Gasteiger partial charge in [-0.1, -0.05) is 30.3 Å². The fraction of sp³-hybridized carbons (Fsp3) is 0.188. The van der Waals surface area contributed by atoms with E-state index in [0.29, 0.717) is 0 Å². The largest absolute Gasteiger partial charge is 0.349 e. The molecule has 0 fully saturated rings. The van der Waals surface area contributed by atoms with Crippen molar-refractivity contribution in [2.45, 2.75) is 17.9 Å². The maximum absolute atomic E-state index is 13.4. The average Bonchev–Trinajstić information content (AvgIpc) is 2.49. The van der Waals surface area contributed by atoms with Crippen LogP contribution in [0.4, 0.5) is 8.78 Å². The molecule has 0 spiro atoms. The highest BCUT2D eigenvalue weighted by molar-refractivity contribution is 8.00. The van der Waals surface area contributed by atoms with Crippen molar-refractivity contribution in [2.24, 2.45) is 0 Å². The first-order valence-corrected chi connectivity index (χ1v) is 7.47. The fourth-order valence-corrected chi connectivity index (χ4v) is 2.61. The van der Waals surface area contributed by atoms with Crippen LogP contribution < -0.4 is 5.32 Å². The van der Waals surface area contributed by atoms with Crippen molar-refractivity contribution in [3.05, 3.63) is 65.7 Å². The summed E-state index contributed by atoms with van der Waals surface area (Å²) >= 11 is 0.979. The van der Waals surface area contributed by atoms with Crippen LogP contribution >= 0.6 is 11.8 Å². The molecule has 0 saturated heterocycles. The number of hydrogen-bond acceptors (Lipinski definition) is 2. The van der Waals surface area contributed by atoms with E-state index >= 15 is 0 Å². The molecule has 2 nitrogen and oxygen atoms in total. The highest BCUT2D eigenvalue weighted by Crippen LogP contribution is 2.22. The topological polar surface area (TPSA) is 29.1 Å². The van der Waals surface area contributed by atoms with Gasteiger partial charge in [0.2, 0.25) is 5.91 Å². The van der Waals surface area contributed by atoms with Gasteiger partial charge in [0.1, 0.15) is 11.6 Å². The number of amides is 1. The molecule has 21 heavy (non-hydrogen) atoms. The van der Waals surface area contributed by atoms with Gasteiger partial charge in [-0.15, -0.1) is 11.8 Å². The van der Waals surface area contributed by atoms with Crippen molar-refractivity contribution in [2.75, 3.05) is 5.75 Å². The Morgan fingerprint density at radius 2 is 1.90 bits per heavy atom. The van der Waals surface area contributed by atoms with E-state index in [0.717, 1.165) is 35.5 Å². The van der Waals surface area contributed by atoms with Gasteiger partial charge in [0.15, 0.2) is 0 Å². The number of thioether (sulfide) groups is 1. The molecule has 2 aromatic carbocycles. The Morgan fingerprint density at radius 3 is 2.62 bits per heavy atom. The van der Waals surface area contributed by atoms with Crippen LogP contribution in [0.25, 0.3) is 0 Å². The molecule has 0 aliphatic rings. The average molecular weight is 307 g/mol. The third kappa shape index (κ3) is 4.56. The van der Waals surface area contributed by atoms with Crippen LogP contribution in [0.5, 0.6) is 0 Å². The summed E-state index contributed by atoms with van der Waals surface area (Å²) in [4.78, 5) is 12.0. The summed E-state index contributed by atoms with van der Waals surface area (Å²) < 4.78 is 26.5. The molecule has 1 N–H and O–H groups in total. The predicted molar refractivity (Wildman–Crippen MR) is 80.1 cm³/mol. The summed E-state index contributed by atoms with van der Waals surface area (Å²) in [7, 11) is 0. The van der Waals surface area contributed by atoms with Crippen molar-refractivity contribution in [1.82, 2.24) is 5.32 Å². The van der Waals surface area contributed by atoms with Crippen LogP contribution in [-0.4, -0.2) is 11.7 Å². The molecular weight excluding hydrogens is 292 g/mol. The number of benzene rings is 2. The Labute approximate surface area is 126 Å². The second kappa shape index (κ2) is 7.22. The maximum Gasteiger partial charge on any atom is 0.230 e. The number of nitrogens with one attached hydrogen (secondary N) is 1. The van der Waals surface area contributed by atoms with Crippen LogP contribution in [0.15, 0.2) is 53.4 Å². The first kappa shape index (κ1) is 15.5. The standard InChI is InChI=1S/C16H15F2NOS/c1-11(12-5-3-2-4-6-12)19-16(20)10-21-15-9-13(17)7-8-14(15)18/h2-9,11H,10H2,1H3,(H,19,20)/t11-/m0/s1. The van der Waals surface area contributed by atoms with E-state index < -0.39 is 11.6 Å². The molecule has 1 amide bonds. The van der Waals surface area contributed by atoms with E-state index in [4.69, 9.17) is 0 Å². The summed E-state index contributed by atoms with van der Waals surface area (Å²) in [5.74, 6) is -1.22. The van der Waals surface area contributed by atoms with Gasteiger partial charge in [-0.25, -0.2) is 8.78 Å². The first-order chi connectivity index (χ1) is 10.1. The molecule has 2 rings (SSSR count). The molecule has 0 aromatic heterocycles.